The topological polar surface area (TPSA) is 78.5 Å². The van der Waals surface area contributed by atoms with Crippen LogP contribution in [-0.2, 0) is 4.79 Å². The molecule has 3 amide bonds. The predicted octanol–water partition coefficient (Wildman–Crippen LogP) is 2.14. The molecule has 1 aromatic carbocycles. The number of hydrogen-bond acceptors (Lipinski definition) is 4. The van der Waals surface area contributed by atoms with Gasteiger partial charge < -0.3 is 10.6 Å². The van der Waals surface area contributed by atoms with E-state index in [9.17, 15) is 14.4 Å². The Morgan fingerprint density at radius 1 is 1.22 bits per heavy atom. The van der Waals surface area contributed by atoms with Gasteiger partial charge in [-0.05, 0) is 25.0 Å². The first-order valence-electron chi connectivity index (χ1n) is 7.72. The molecule has 2 heterocycles. The van der Waals surface area contributed by atoms with Crippen LogP contribution in [0.3, 0.4) is 0 Å². The minimum atomic E-state index is -0.771. The van der Waals surface area contributed by atoms with Crippen molar-refractivity contribution in [2.75, 3.05) is 12.4 Å². The van der Waals surface area contributed by atoms with Crippen LogP contribution in [0, 0.1) is 0 Å². The molecule has 0 bridgehead atoms. The molecule has 0 aromatic heterocycles. The van der Waals surface area contributed by atoms with Crippen LogP contribution in [0.25, 0.3) is 0 Å². The summed E-state index contributed by atoms with van der Waals surface area (Å²) in [7, 11) is 1.69. The summed E-state index contributed by atoms with van der Waals surface area (Å²) in [5.74, 6) is -1.20. The summed E-state index contributed by atoms with van der Waals surface area (Å²) < 4.78 is 0. The molecule has 6 nitrogen and oxygen atoms in total. The predicted molar refractivity (Wildman–Crippen MR) is 88.1 cm³/mol. The van der Waals surface area contributed by atoms with Crippen molar-refractivity contribution in [1.82, 2.24) is 10.2 Å². The number of benzene rings is 1. The average molecular weight is 315 g/mol. The fourth-order valence-electron chi connectivity index (χ4n) is 2.80. The average Bonchev–Trinajstić information content (AvgIpc) is 2.81. The van der Waals surface area contributed by atoms with Gasteiger partial charge in [-0.25, -0.2) is 0 Å². The van der Waals surface area contributed by atoms with Crippen LogP contribution in [0.1, 0.15) is 47.4 Å². The second kappa shape index (κ2) is 6.64. The van der Waals surface area contributed by atoms with Crippen LogP contribution in [-0.4, -0.2) is 35.7 Å². The second-order valence-corrected chi connectivity index (χ2v) is 5.11. The van der Waals surface area contributed by atoms with E-state index in [0.29, 0.717) is 35.4 Å². The van der Waals surface area contributed by atoms with Gasteiger partial charge in [-0.2, -0.15) is 0 Å². The summed E-state index contributed by atoms with van der Waals surface area (Å²) in [4.78, 5) is 38.2. The number of nitrogens with zero attached hydrogens (tertiary/aromatic N) is 1. The zero-order valence-corrected chi connectivity index (χ0v) is 13.6. The smallest absolute Gasteiger partial charge is 0.264 e. The van der Waals surface area contributed by atoms with Gasteiger partial charge in [0.2, 0.25) is 5.91 Å². The number of carbonyl (C=O) groups is 3. The van der Waals surface area contributed by atoms with E-state index in [0.717, 1.165) is 4.90 Å². The van der Waals surface area contributed by atoms with Gasteiger partial charge in [-0.3, -0.25) is 19.3 Å². The van der Waals surface area contributed by atoms with Gasteiger partial charge in [-0.15, -0.1) is 0 Å². The third-order valence-electron chi connectivity index (χ3n) is 3.85. The fourth-order valence-corrected chi connectivity index (χ4v) is 2.80. The van der Waals surface area contributed by atoms with Crippen molar-refractivity contribution < 1.29 is 14.4 Å². The number of anilines is 1. The van der Waals surface area contributed by atoms with Crippen molar-refractivity contribution in [1.29, 1.82) is 0 Å². The van der Waals surface area contributed by atoms with E-state index in [1.54, 1.807) is 25.2 Å². The van der Waals surface area contributed by atoms with Crippen LogP contribution < -0.4 is 10.6 Å². The molecule has 2 aliphatic rings. The van der Waals surface area contributed by atoms with E-state index in [1.165, 1.54) is 0 Å². The summed E-state index contributed by atoms with van der Waals surface area (Å²) in [6, 6.07) is 4.28. The lowest BCUT2D eigenvalue weighted by Gasteiger charge is -2.29. The largest absolute Gasteiger partial charge is 0.387 e. The van der Waals surface area contributed by atoms with Gasteiger partial charge in [0.25, 0.3) is 11.8 Å². The maximum atomic E-state index is 12.6. The summed E-state index contributed by atoms with van der Waals surface area (Å²) in [6.45, 7) is 7.70. The number of nitrogens with one attached hydrogen (secondary N) is 2. The number of carbonyl (C=O) groups excluding carboxylic acids is 3. The number of imide groups is 1. The maximum Gasteiger partial charge on any atom is 0.264 e. The molecule has 1 unspecified atom stereocenters. The van der Waals surface area contributed by atoms with Gasteiger partial charge in [0.05, 0.1) is 11.1 Å². The van der Waals surface area contributed by atoms with E-state index in [2.05, 4.69) is 17.2 Å². The van der Waals surface area contributed by atoms with E-state index in [1.807, 2.05) is 13.8 Å². The van der Waals surface area contributed by atoms with E-state index in [-0.39, 0.29) is 5.91 Å². The van der Waals surface area contributed by atoms with Crippen molar-refractivity contribution in [2.45, 2.75) is 32.7 Å². The van der Waals surface area contributed by atoms with Crippen molar-refractivity contribution in [2.24, 2.45) is 0 Å². The molecular weight excluding hydrogens is 294 g/mol. The van der Waals surface area contributed by atoms with Crippen molar-refractivity contribution in [3.8, 4) is 0 Å². The molecular formula is C17H21N3O3. The third-order valence-corrected chi connectivity index (χ3v) is 3.85. The minimum Gasteiger partial charge on any atom is -0.387 e. The van der Waals surface area contributed by atoms with Gasteiger partial charge >= 0.3 is 0 Å². The molecule has 122 valence electrons. The van der Waals surface area contributed by atoms with Crippen LogP contribution in [0.2, 0.25) is 0 Å². The van der Waals surface area contributed by atoms with Gasteiger partial charge in [0, 0.05) is 18.4 Å². The van der Waals surface area contributed by atoms with E-state index >= 15 is 0 Å². The standard InChI is InChI=1S/C15H15N3O3.C2H6/c1-8-6-7-11(13(19)17-8)18-14(20)9-4-3-5-10(16-2)12(9)15(18)21;1-2/h3-5,11,16H,1,6-7H2,2H3,(H,17,19);1-2H3. The Balaban J connectivity index is 0.000000924. The third kappa shape index (κ3) is 2.72. The highest BCUT2D eigenvalue weighted by Gasteiger charge is 2.44. The molecule has 23 heavy (non-hydrogen) atoms. The first kappa shape index (κ1) is 16.7. The molecule has 0 radical (unpaired) electrons. The molecule has 3 rings (SSSR count). The number of rotatable bonds is 2. The van der Waals surface area contributed by atoms with Crippen LogP contribution in [0.5, 0.6) is 0 Å². The monoisotopic (exact) mass is 315 g/mol. The van der Waals surface area contributed by atoms with Crippen molar-refractivity contribution >= 4 is 23.4 Å². The number of piperidine rings is 1. The zero-order chi connectivity index (χ0) is 17.1. The van der Waals surface area contributed by atoms with Crippen molar-refractivity contribution in [3.05, 3.63) is 41.6 Å². The first-order chi connectivity index (χ1) is 11.0. The Kier molecular flexibility index (Phi) is 4.83. The zero-order valence-electron chi connectivity index (χ0n) is 13.6. The highest BCUT2D eigenvalue weighted by atomic mass is 16.2. The Bertz CT molecular complexity index is 682. The molecule has 1 aromatic rings. The van der Waals surface area contributed by atoms with Gasteiger partial charge in [0.1, 0.15) is 6.04 Å². The number of hydrogen-bond donors (Lipinski definition) is 2. The number of allylic oxidation sites excluding steroid dienone is 1. The minimum absolute atomic E-state index is 0.335. The molecule has 0 aliphatic carbocycles. The summed E-state index contributed by atoms with van der Waals surface area (Å²) in [5.41, 5.74) is 1.88. The van der Waals surface area contributed by atoms with Gasteiger partial charge in [0.15, 0.2) is 0 Å². The van der Waals surface area contributed by atoms with Crippen molar-refractivity contribution in [3.63, 3.8) is 0 Å². The lowest BCUT2D eigenvalue weighted by molar-refractivity contribution is -0.125. The molecule has 0 saturated carbocycles. The molecule has 2 aliphatic heterocycles. The lowest BCUT2D eigenvalue weighted by Crippen LogP contribution is -2.51. The van der Waals surface area contributed by atoms with E-state index in [4.69, 9.17) is 0 Å². The Hall–Kier alpha value is -2.63. The summed E-state index contributed by atoms with van der Waals surface area (Å²) >= 11 is 0. The first-order valence-corrected chi connectivity index (χ1v) is 7.72. The SMILES string of the molecule is C=C1CCC(N2C(=O)c3cccc(NC)c3C2=O)C(=O)N1.CC. The van der Waals surface area contributed by atoms with Crippen LogP contribution in [0.15, 0.2) is 30.5 Å². The second-order valence-electron chi connectivity index (χ2n) is 5.11. The molecule has 2 N–H and O–H groups in total. The van der Waals surface area contributed by atoms with E-state index < -0.39 is 17.9 Å². The quantitative estimate of drug-likeness (QED) is 0.820. The molecule has 1 saturated heterocycles. The van der Waals surface area contributed by atoms with Crippen LogP contribution in [0.4, 0.5) is 5.69 Å². The molecule has 1 fully saturated rings. The van der Waals surface area contributed by atoms with Gasteiger partial charge in [-0.1, -0.05) is 26.5 Å². The Labute approximate surface area is 135 Å². The fraction of sp³-hybridized carbons (Fsp3) is 0.353. The summed E-state index contributed by atoms with van der Waals surface area (Å²) in [6.07, 6.45) is 0.966. The normalized spacial score (nSPS) is 19.8. The highest BCUT2D eigenvalue weighted by Crippen LogP contribution is 2.32. The molecule has 0 spiro atoms. The maximum absolute atomic E-state index is 12.6. The van der Waals surface area contributed by atoms with Crippen LogP contribution >= 0.6 is 0 Å². The number of amides is 3. The summed E-state index contributed by atoms with van der Waals surface area (Å²) in [5, 5.41) is 5.51. The Morgan fingerprint density at radius 2 is 1.91 bits per heavy atom. The molecule has 1 atom stereocenters. The molecule has 6 heteroatoms. The Morgan fingerprint density at radius 3 is 2.52 bits per heavy atom. The highest BCUT2D eigenvalue weighted by molar-refractivity contribution is 6.25. The lowest BCUT2D eigenvalue weighted by atomic mass is 10.0. The number of fused-ring (bicyclic) bond motifs is 1.